The standard InChI is InChI=1S/C22H20FNO5S/c23-16-9-4-8-15(12-16)20(26)18(30-22(29)14-6-2-1-3-7-14)13-19(25)24-11-5-10-17(24)21(27)28/h1-4,6-9,12,17-18H,5,10-11,13H2,(H,27,28)/t17-,18?/m0/s1. The molecule has 1 saturated heterocycles. The number of thioether (sulfide) groups is 1. The lowest BCUT2D eigenvalue weighted by molar-refractivity contribution is -0.148. The van der Waals surface area contributed by atoms with Gasteiger partial charge in [-0.1, -0.05) is 54.2 Å². The molecule has 0 aromatic heterocycles. The molecule has 8 heteroatoms. The molecule has 3 rings (SSSR count). The molecule has 0 bridgehead atoms. The molecule has 1 amide bonds. The number of hydrogen-bond acceptors (Lipinski definition) is 5. The van der Waals surface area contributed by atoms with Crippen LogP contribution in [0.3, 0.4) is 0 Å². The van der Waals surface area contributed by atoms with Crippen LogP contribution < -0.4 is 0 Å². The van der Waals surface area contributed by atoms with Crippen LogP contribution in [0.5, 0.6) is 0 Å². The second-order valence-corrected chi connectivity index (χ2v) is 8.10. The smallest absolute Gasteiger partial charge is 0.326 e. The van der Waals surface area contributed by atoms with Crippen molar-refractivity contribution in [3.63, 3.8) is 0 Å². The number of likely N-dealkylation sites (tertiary alicyclic amines) is 1. The fourth-order valence-electron chi connectivity index (χ4n) is 3.38. The van der Waals surface area contributed by atoms with Crippen molar-refractivity contribution in [3.8, 4) is 0 Å². The summed E-state index contributed by atoms with van der Waals surface area (Å²) in [6, 6.07) is 12.4. The van der Waals surface area contributed by atoms with Crippen molar-refractivity contribution >= 4 is 34.5 Å². The summed E-state index contributed by atoms with van der Waals surface area (Å²) < 4.78 is 13.6. The van der Waals surface area contributed by atoms with Crippen LogP contribution in [0.1, 0.15) is 40.0 Å². The lowest BCUT2D eigenvalue weighted by Gasteiger charge is -2.23. The van der Waals surface area contributed by atoms with Crippen LogP contribution in [0, 0.1) is 5.82 Å². The molecule has 1 fully saturated rings. The minimum absolute atomic E-state index is 0.0531. The molecule has 1 N–H and O–H groups in total. The Hall–Kier alpha value is -3.00. The molecular weight excluding hydrogens is 409 g/mol. The van der Waals surface area contributed by atoms with Gasteiger partial charge in [-0.25, -0.2) is 9.18 Å². The summed E-state index contributed by atoms with van der Waals surface area (Å²) in [5, 5.41) is 7.83. The van der Waals surface area contributed by atoms with E-state index in [-0.39, 0.29) is 18.5 Å². The van der Waals surface area contributed by atoms with E-state index in [0.717, 1.165) is 6.07 Å². The number of ketones is 1. The van der Waals surface area contributed by atoms with Gasteiger partial charge in [0.1, 0.15) is 11.9 Å². The number of benzene rings is 2. The number of aliphatic carboxylic acids is 1. The summed E-state index contributed by atoms with van der Waals surface area (Å²) in [6.45, 7) is 0.286. The molecule has 0 radical (unpaired) electrons. The van der Waals surface area contributed by atoms with Crippen molar-refractivity contribution in [2.24, 2.45) is 0 Å². The number of hydrogen-bond donors (Lipinski definition) is 1. The van der Waals surface area contributed by atoms with Gasteiger partial charge in [0.15, 0.2) is 5.78 Å². The predicted molar refractivity (Wildman–Crippen MR) is 110 cm³/mol. The van der Waals surface area contributed by atoms with Gasteiger partial charge in [0, 0.05) is 24.1 Å². The summed E-state index contributed by atoms with van der Waals surface area (Å²) in [4.78, 5) is 51.1. The highest BCUT2D eigenvalue weighted by Gasteiger charge is 2.36. The molecule has 0 aliphatic carbocycles. The van der Waals surface area contributed by atoms with E-state index in [1.807, 2.05) is 0 Å². The Balaban J connectivity index is 1.83. The van der Waals surface area contributed by atoms with Crippen LogP contribution >= 0.6 is 11.8 Å². The Morgan fingerprint density at radius 1 is 1.07 bits per heavy atom. The first-order valence-corrected chi connectivity index (χ1v) is 10.3. The van der Waals surface area contributed by atoms with Gasteiger partial charge < -0.3 is 10.0 Å². The Morgan fingerprint density at radius 3 is 2.43 bits per heavy atom. The van der Waals surface area contributed by atoms with E-state index >= 15 is 0 Å². The number of rotatable bonds is 7. The van der Waals surface area contributed by atoms with Gasteiger partial charge in [-0.3, -0.25) is 14.4 Å². The summed E-state index contributed by atoms with van der Waals surface area (Å²) in [5.41, 5.74) is 0.425. The van der Waals surface area contributed by atoms with Crippen LogP contribution in [0.25, 0.3) is 0 Å². The zero-order chi connectivity index (χ0) is 21.7. The van der Waals surface area contributed by atoms with E-state index in [4.69, 9.17) is 0 Å². The lowest BCUT2D eigenvalue weighted by Crippen LogP contribution is -2.42. The second kappa shape index (κ2) is 9.67. The van der Waals surface area contributed by atoms with Crippen molar-refractivity contribution in [1.82, 2.24) is 4.90 Å². The minimum atomic E-state index is -1.10. The minimum Gasteiger partial charge on any atom is -0.480 e. The molecule has 0 spiro atoms. The average molecular weight is 429 g/mol. The van der Waals surface area contributed by atoms with Crippen LogP contribution in [-0.2, 0) is 9.59 Å². The van der Waals surface area contributed by atoms with Crippen molar-refractivity contribution in [2.45, 2.75) is 30.6 Å². The van der Waals surface area contributed by atoms with E-state index < -0.39 is 39.9 Å². The normalized spacial score (nSPS) is 16.8. The molecule has 2 atom stereocenters. The molecule has 30 heavy (non-hydrogen) atoms. The first-order chi connectivity index (χ1) is 14.4. The molecule has 1 aliphatic heterocycles. The Labute approximate surface area is 177 Å². The first kappa shape index (κ1) is 21.7. The van der Waals surface area contributed by atoms with E-state index in [0.29, 0.717) is 30.2 Å². The fraction of sp³-hybridized carbons (Fsp3) is 0.273. The maximum Gasteiger partial charge on any atom is 0.326 e. The molecule has 156 valence electrons. The molecule has 1 aliphatic rings. The third-order valence-electron chi connectivity index (χ3n) is 4.88. The average Bonchev–Trinajstić information content (AvgIpc) is 3.24. The zero-order valence-corrected chi connectivity index (χ0v) is 16.8. The van der Waals surface area contributed by atoms with E-state index in [1.54, 1.807) is 30.3 Å². The van der Waals surface area contributed by atoms with Crippen molar-refractivity contribution in [1.29, 1.82) is 0 Å². The topological polar surface area (TPSA) is 91.8 Å². The van der Waals surface area contributed by atoms with Crippen LogP contribution in [0.2, 0.25) is 0 Å². The second-order valence-electron chi connectivity index (χ2n) is 6.92. The SMILES string of the molecule is O=C(SC(CC(=O)N1CCC[C@H]1C(=O)O)C(=O)c1cccc(F)c1)c1ccccc1. The Kier molecular flexibility index (Phi) is 6.99. The van der Waals surface area contributed by atoms with Crippen LogP contribution in [-0.4, -0.2) is 50.6 Å². The fourth-order valence-corrected chi connectivity index (χ4v) is 4.38. The zero-order valence-electron chi connectivity index (χ0n) is 16.0. The van der Waals surface area contributed by atoms with Gasteiger partial charge >= 0.3 is 5.97 Å². The maximum absolute atomic E-state index is 13.6. The number of nitrogens with zero attached hydrogens (tertiary/aromatic N) is 1. The highest BCUT2D eigenvalue weighted by molar-refractivity contribution is 8.15. The number of carboxylic acid groups (broad SMARTS) is 1. The summed E-state index contributed by atoms with van der Waals surface area (Å²) >= 11 is 0.698. The highest BCUT2D eigenvalue weighted by Crippen LogP contribution is 2.27. The van der Waals surface area contributed by atoms with Gasteiger partial charge in [-0.2, -0.15) is 0 Å². The number of halogens is 1. The Bertz CT molecular complexity index is 965. The third kappa shape index (κ3) is 5.13. The van der Waals surface area contributed by atoms with Gasteiger partial charge in [-0.15, -0.1) is 0 Å². The van der Waals surface area contributed by atoms with E-state index in [2.05, 4.69) is 0 Å². The van der Waals surface area contributed by atoms with E-state index in [9.17, 15) is 28.7 Å². The van der Waals surface area contributed by atoms with Crippen molar-refractivity contribution in [2.75, 3.05) is 6.54 Å². The molecular formula is C22H20FNO5S. The third-order valence-corrected chi connectivity index (χ3v) is 5.99. The quantitative estimate of drug-likeness (QED) is 0.678. The van der Waals surface area contributed by atoms with Crippen LogP contribution in [0.15, 0.2) is 54.6 Å². The van der Waals surface area contributed by atoms with Crippen molar-refractivity contribution < 1.29 is 28.7 Å². The molecule has 1 unspecified atom stereocenters. The van der Waals surface area contributed by atoms with E-state index in [1.165, 1.54) is 23.1 Å². The number of Topliss-reactive ketones (excluding diaryl/α,β-unsaturated/α-hetero) is 1. The maximum atomic E-state index is 13.6. The number of amides is 1. The molecule has 2 aromatic carbocycles. The van der Waals surface area contributed by atoms with Crippen molar-refractivity contribution in [3.05, 3.63) is 71.5 Å². The van der Waals surface area contributed by atoms with Gasteiger partial charge in [0.25, 0.3) is 0 Å². The summed E-state index contributed by atoms with van der Waals surface area (Å²) in [6.07, 6.45) is 0.559. The summed E-state index contributed by atoms with van der Waals surface area (Å²) in [7, 11) is 0. The molecule has 2 aromatic rings. The Morgan fingerprint density at radius 2 is 1.77 bits per heavy atom. The molecule has 6 nitrogen and oxygen atoms in total. The number of carbonyl (C=O) groups is 4. The van der Waals surface area contributed by atoms with Gasteiger partial charge in [-0.05, 0) is 25.0 Å². The summed E-state index contributed by atoms with van der Waals surface area (Å²) in [5.74, 6) is -2.76. The number of carboxylic acids is 1. The highest BCUT2D eigenvalue weighted by atomic mass is 32.2. The van der Waals surface area contributed by atoms with Gasteiger partial charge in [0.05, 0.1) is 5.25 Å². The largest absolute Gasteiger partial charge is 0.480 e. The molecule has 1 heterocycles. The lowest BCUT2D eigenvalue weighted by atomic mass is 10.1. The van der Waals surface area contributed by atoms with Gasteiger partial charge in [0.2, 0.25) is 11.0 Å². The monoisotopic (exact) mass is 429 g/mol. The number of carbonyl (C=O) groups excluding carboxylic acids is 3. The molecule has 0 saturated carbocycles. The first-order valence-electron chi connectivity index (χ1n) is 9.45. The predicted octanol–water partition coefficient (Wildman–Crippen LogP) is 3.42. The van der Waals surface area contributed by atoms with Crippen LogP contribution in [0.4, 0.5) is 4.39 Å².